The first-order valence-corrected chi connectivity index (χ1v) is 8.26. The van der Waals surface area contributed by atoms with Crippen molar-refractivity contribution >= 4 is 5.69 Å². The molecular weight excluding hydrogens is 264 g/mol. The summed E-state index contributed by atoms with van der Waals surface area (Å²) < 4.78 is 1.64. The Morgan fingerprint density at radius 2 is 1.90 bits per heavy atom. The van der Waals surface area contributed by atoms with Crippen LogP contribution in [0.1, 0.15) is 38.5 Å². The number of rotatable bonds is 3. The molecule has 2 aliphatic heterocycles. The fourth-order valence-corrected chi connectivity index (χ4v) is 3.46. The van der Waals surface area contributed by atoms with E-state index in [9.17, 15) is 4.79 Å². The fourth-order valence-electron chi connectivity index (χ4n) is 3.46. The van der Waals surface area contributed by atoms with E-state index in [1.54, 1.807) is 10.7 Å². The second kappa shape index (κ2) is 6.60. The van der Waals surface area contributed by atoms with E-state index in [1.165, 1.54) is 38.5 Å². The van der Waals surface area contributed by atoms with Crippen molar-refractivity contribution in [2.24, 2.45) is 0 Å². The average molecular weight is 290 g/mol. The Hall–Kier alpha value is -1.36. The van der Waals surface area contributed by atoms with Gasteiger partial charge in [-0.15, -0.1) is 0 Å². The Bertz CT molecular complexity index is 521. The lowest BCUT2D eigenvalue weighted by Gasteiger charge is -2.32. The number of likely N-dealkylation sites (tertiary alicyclic amines) is 1. The molecule has 1 aromatic heterocycles. The van der Waals surface area contributed by atoms with E-state index in [-0.39, 0.29) is 5.56 Å². The molecule has 0 radical (unpaired) electrons. The van der Waals surface area contributed by atoms with Crippen molar-refractivity contribution in [2.75, 3.05) is 31.6 Å². The van der Waals surface area contributed by atoms with Crippen LogP contribution in [0.5, 0.6) is 0 Å². The van der Waals surface area contributed by atoms with E-state index in [0.717, 1.165) is 31.9 Å². The molecule has 21 heavy (non-hydrogen) atoms. The van der Waals surface area contributed by atoms with E-state index in [2.05, 4.69) is 21.9 Å². The summed E-state index contributed by atoms with van der Waals surface area (Å²) in [6.45, 7) is 3.95. The summed E-state index contributed by atoms with van der Waals surface area (Å²) in [6.07, 6.45) is 9.30. The zero-order valence-corrected chi connectivity index (χ0v) is 13.0. The number of aromatic nitrogens is 2. The van der Waals surface area contributed by atoms with Crippen molar-refractivity contribution in [2.45, 2.75) is 51.1 Å². The standard InChI is InChI=1S/C16H26N4O/c1-18-8-6-3-7-14(18)13-20-16(21)11-15(12-17-20)19-9-4-2-5-10-19/h11-12,14H,2-10,13H2,1H3. The van der Waals surface area contributed by atoms with Crippen LogP contribution in [-0.4, -0.2) is 47.4 Å². The molecule has 0 spiro atoms. The number of anilines is 1. The first kappa shape index (κ1) is 14.6. The van der Waals surface area contributed by atoms with Crippen molar-refractivity contribution in [1.29, 1.82) is 0 Å². The van der Waals surface area contributed by atoms with Crippen LogP contribution in [0.2, 0.25) is 0 Å². The smallest absolute Gasteiger partial charge is 0.268 e. The third kappa shape index (κ3) is 3.46. The van der Waals surface area contributed by atoms with Gasteiger partial charge in [0.05, 0.1) is 18.4 Å². The van der Waals surface area contributed by atoms with Crippen LogP contribution in [0.4, 0.5) is 5.69 Å². The highest BCUT2D eigenvalue weighted by Gasteiger charge is 2.20. The molecule has 1 aromatic rings. The van der Waals surface area contributed by atoms with E-state index in [1.807, 2.05) is 6.20 Å². The van der Waals surface area contributed by atoms with Gasteiger partial charge in [-0.05, 0) is 45.7 Å². The number of piperidine rings is 2. The summed E-state index contributed by atoms with van der Waals surface area (Å²) in [6, 6.07) is 2.21. The summed E-state index contributed by atoms with van der Waals surface area (Å²) >= 11 is 0. The predicted octanol–water partition coefficient (Wildman–Crippen LogP) is 1.72. The van der Waals surface area contributed by atoms with E-state index >= 15 is 0 Å². The fraction of sp³-hybridized carbons (Fsp3) is 0.750. The lowest BCUT2D eigenvalue weighted by Crippen LogP contribution is -2.42. The molecule has 0 amide bonds. The number of likely N-dealkylation sites (N-methyl/N-ethyl adjacent to an activating group) is 1. The molecule has 2 saturated heterocycles. The monoisotopic (exact) mass is 290 g/mol. The summed E-state index contributed by atoms with van der Waals surface area (Å²) in [5, 5.41) is 4.42. The minimum absolute atomic E-state index is 0.0389. The molecule has 1 atom stereocenters. The van der Waals surface area contributed by atoms with Crippen LogP contribution < -0.4 is 10.5 Å². The van der Waals surface area contributed by atoms with Gasteiger partial charge < -0.3 is 9.80 Å². The lowest BCUT2D eigenvalue weighted by molar-refractivity contribution is 0.161. The van der Waals surface area contributed by atoms with Gasteiger partial charge in [0.2, 0.25) is 0 Å². The first-order chi connectivity index (χ1) is 10.2. The van der Waals surface area contributed by atoms with Crippen molar-refractivity contribution in [3.05, 3.63) is 22.6 Å². The zero-order valence-electron chi connectivity index (χ0n) is 13.0. The molecule has 2 fully saturated rings. The van der Waals surface area contributed by atoms with Gasteiger partial charge in [-0.25, -0.2) is 4.68 Å². The van der Waals surface area contributed by atoms with Crippen LogP contribution in [0.25, 0.3) is 0 Å². The molecule has 0 N–H and O–H groups in total. The summed E-state index contributed by atoms with van der Waals surface area (Å²) in [5.41, 5.74) is 1.03. The largest absolute Gasteiger partial charge is 0.370 e. The van der Waals surface area contributed by atoms with Gasteiger partial charge >= 0.3 is 0 Å². The van der Waals surface area contributed by atoms with Crippen molar-refractivity contribution in [1.82, 2.24) is 14.7 Å². The van der Waals surface area contributed by atoms with Crippen LogP contribution in [-0.2, 0) is 6.54 Å². The van der Waals surface area contributed by atoms with Gasteiger partial charge in [0.15, 0.2) is 0 Å². The molecule has 3 heterocycles. The molecule has 0 saturated carbocycles. The van der Waals surface area contributed by atoms with Gasteiger partial charge in [0.25, 0.3) is 5.56 Å². The maximum atomic E-state index is 12.3. The van der Waals surface area contributed by atoms with Gasteiger partial charge in [-0.1, -0.05) is 6.42 Å². The second-order valence-electron chi connectivity index (χ2n) is 6.41. The maximum absolute atomic E-state index is 12.3. The van der Waals surface area contributed by atoms with Gasteiger partial charge in [-0.3, -0.25) is 4.79 Å². The van der Waals surface area contributed by atoms with E-state index in [4.69, 9.17) is 0 Å². The first-order valence-electron chi connectivity index (χ1n) is 8.26. The third-order valence-electron chi connectivity index (χ3n) is 4.88. The zero-order chi connectivity index (χ0) is 14.7. The molecule has 5 heteroatoms. The molecule has 5 nitrogen and oxygen atoms in total. The summed E-state index contributed by atoms with van der Waals surface area (Å²) in [5.74, 6) is 0. The van der Waals surface area contributed by atoms with Gasteiger partial charge in [0, 0.05) is 25.2 Å². The van der Waals surface area contributed by atoms with E-state index in [0.29, 0.717) is 6.04 Å². The van der Waals surface area contributed by atoms with Crippen LogP contribution in [0.3, 0.4) is 0 Å². The molecule has 3 rings (SSSR count). The van der Waals surface area contributed by atoms with E-state index < -0.39 is 0 Å². The third-order valence-corrected chi connectivity index (χ3v) is 4.88. The summed E-state index contributed by atoms with van der Waals surface area (Å²) in [4.78, 5) is 17.0. The molecule has 2 aliphatic rings. The highest BCUT2D eigenvalue weighted by atomic mass is 16.1. The van der Waals surface area contributed by atoms with Gasteiger partial charge in [0.1, 0.15) is 0 Å². The highest BCUT2D eigenvalue weighted by molar-refractivity contribution is 5.43. The molecule has 116 valence electrons. The predicted molar refractivity (Wildman–Crippen MR) is 84.8 cm³/mol. The number of hydrogen-bond acceptors (Lipinski definition) is 4. The molecular formula is C16H26N4O. The number of hydrogen-bond donors (Lipinski definition) is 0. The van der Waals surface area contributed by atoms with Crippen molar-refractivity contribution < 1.29 is 0 Å². The Kier molecular flexibility index (Phi) is 4.58. The molecule has 1 unspecified atom stereocenters. The summed E-state index contributed by atoms with van der Waals surface area (Å²) in [7, 11) is 2.15. The highest BCUT2D eigenvalue weighted by Crippen LogP contribution is 2.18. The Morgan fingerprint density at radius 3 is 2.62 bits per heavy atom. The van der Waals surface area contributed by atoms with Crippen molar-refractivity contribution in [3.63, 3.8) is 0 Å². The minimum atomic E-state index is 0.0389. The Morgan fingerprint density at radius 1 is 1.14 bits per heavy atom. The normalized spacial score (nSPS) is 24.2. The molecule has 0 bridgehead atoms. The SMILES string of the molecule is CN1CCCCC1Cn1ncc(N2CCCCC2)cc1=O. The molecule has 0 aromatic carbocycles. The molecule has 0 aliphatic carbocycles. The lowest BCUT2D eigenvalue weighted by atomic mass is 10.0. The van der Waals surface area contributed by atoms with Gasteiger partial charge in [-0.2, -0.15) is 5.10 Å². The minimum Gasteiger partial charge on any atom is -0.370 e. The second-order valence-corrected chi connectivity index (χ2v) is 6.41. The van der Waals surface area contributed by atoms with Crippen LogP contribution in [0.15, 0.2) is 17.1 Å². The van der Waals surface area contributed by atoms with Crippen LogP contribution in [0, 0.1) is 0 Å². The Balaban J connectivity index is 1.70. The number of nitrogens with zero attached hydrogens (tertiary/aromatic N) is 4. The quantitative estimate of drug-likeness (QED) is 0.850. The topological polar surface area (TPSA) is 41.4 Å². The average Bonchev–Trinajstić information content (AvgIpc) is 2.52. The van der Waals surface area contributed by atoms with Crippen molar-refractivity contribution in [3.8, 4) is 0 Å². The Labute approximate surface area is 126 Å². The maximum Gasteiger partial charge on any atom is 0.268 e. The van der Waals surface area contributed by atoms with Crippen LogP contribution >= 0.6 is 0 Å².